The van der Waals surface area contributed by atoms with Crippen LogP contribution >= 0.6 is 0 Å². The average molecular weight is 95.1 g/mol. The molecule has 0 spiro atoms. The molecule has 0 aromatic heterocycles. The van der Waals surface area contributed by atoms with Crippen LogP contribution in [-0.4, -0.2) is 5.87 Å². The first-order chi connectivity index (χ1) is 3.39. The molecule has 1 aliphatic rings. The van der Waals surface area contributed by atoms with Crippen molar-refractivity contribution >= 4 is 5.87 Å². The van der Waals surface area contributed by atoms with Crippen molar-refractivity contribution in [2.75, 3.05) is 0 Å². The van der Waals surface area contributed by atoms with Crippen molar-refractivity contribution in [3.05, 3.63) is 17.9 Å². The summed E-state index contributed by atoms with van der Waals surface area (Å²) in [4.78, 5) is 4.50. The van der Waals surface area contributed by atoms with Gasteiger partial charge in [-0.3, -0.25) is 0 Å². The highest BCUT2D eigenvalue weighted by Crippen LogP contribution is 1.95. The molecule has 0 bridgehead atoms. The van der Waals surface area contributed by atoms with Gasteiger partial charge in [0.1, 0.15) is 6.26 Å². The van der Waals surface area contributed by atoms with Crippen LogP contribution < -0.4 is 0 Å². The molecule has 0 unspecified atom stereocenters. The maximum Gasteiger partial charge on any atom is 0.126 e. The van der Waals surface area contributed by atoms with Gasteiger partial charge in [-0.2, -0.15) is 0 Å². The van der Waals surface area contributed by atoms with Gasteiger partial charge < -0.3 is 4.84 Å². The zero-order valence-electron chi connectivity index (χ0n) is 4.01. The molecule has 2 heteroatoms. The van der Waals surface area contributed by atoms with Crippen molar-refractivity contribution in [3.63, 3.8) is 0 Å². The van der Waals surface area contributed by atoms with E-state index in [0.29, 0.717) is 0 Å². The van der Waals surface area contributed by atoms with Crippen LogP contribution in [0.5, 0.6) is 0 Å². The predicted octanol–water partition coefficient (Wildman–Crippen LogP) is 1.06. The average Bonchev–Trinajstić information content (AvgIpc) is 1.69. The Bertz CT molecular complexity index is 151. The Balaban J connectivity index is 2.82. The quantitative estimate of drug-likeness (QED) is 0.441. The van der Waals surface area contributed by atoms with Crippen LogP contribution in [0.25, 0.3) is 0 Å². The minimum Gasteiger partial charge on any atom is -0.356 e. The Labute approximate surface area is 41.8 Å². The van der Waals surface area contributed by atoms with E-state index in [-0.39, 0.29) is 0 Å². The molecule has 7 heavy (non-hydrogen) atoms. The third-order valence-corrected chi connectivity index (χ3v) is 0.636. The van der Waals surface area contributed by atoms with Crippen LogP contribution in [0.3, 0.4) is 0 Å². The third kappa shape index (κ3) is 0.913. The molecule has 0 aromatic rings. The van der Waals surface area contributed by atoms with Gasteiger partial charge in [-0.15, -0.1) is 0 Å². The number of hydrogen-bond acceptors (Lipinski definition) is 2. The van der Waals surface area contributed by atoms with Crippen LogP contribution in [0, 0.1) is 0 Å². The standard InChI is InChI=1S/C5H5NO/c1-5-2-3-6-7-4-5/h2,4H,1H3. The third-order valence-electron chi connectivity index (χ3n) is 0.636. The summed E-state index contributed by atoms with van der Waals surface area (Å²) < 4.78 is 0. The van der Waals surface area contributed by atoms with Gasteiger partial charge in [-0.25, -0.2) is 0 Å². The summed E-state index contributed by atoms with van der Waals surface area (Å²) in [5.74, 6) is 2.54. The highest BCUT2D eigenvalue weighted by molar-refractivity contribution is 5.57. The van der Waals surface area contributed by atoms with Gasteiger partial charge in [0.25, 0.3) is 0 Å². The van der Waals surface area contributed by atoms with Crippen molar-refractivity contribution in [2.45, 2.75) is 6.92 Å². The van der Waals surface area contributed by atoms with Gasteiger partial charge in [0.2, 0.25) is 0 Å². The van der Waals surface area contributed by atoms with E-state index >= 15 is 0 Å². The van der Waals surface area contributed by atoms with Crippen LogP contribution in [0.2, 0.25) is 0 Å². The summed E-state index contributed by atoms with van der Waals surface area (Å²) in [5.41, 5.74) is 1.04. The summed E-state index contributed by atoms with van der Waals surface area (Å²) in [6.07, 6.45) is 3.32. The smallest absolute Gasteiger partial charge is 0.126 e. The molecule has 1 heterocycles. The highest BCUT2D eigenvalue weighted by atomic mass is 16.6. The molecule has 0 aliphatic carbocycles. The lowest BCUT2D eigenvalue weighted by Gasteiger charge is -1.90. The molecule has 0 atom stereocenters. The van der Waals surface area contributed by atoms with E-state index in [1.165, 1.54) is 0 Å². The summed E-state index contributed by atoms with van der Waals surface area (Å²) in [7, 11) is 0. The van der Waals surface area contributed by atoms with E-state index in [1.54, 1.807) is 12.3 Å². The number of rotatable bonds is 0. The molecule has 0 N–H and O–H groups in total. The van der Waals surface area contributed by atoms with Crippen molar-refractivity contribution in [1.29, 1.82) is 0 Å². The summed E-state index contributed by atoms with van der Waals surface area (Å²) >= 11 is 0. The largest absolute Gasteiger partial charge is 0.356 e. The van der Waals surface area contributed by atoms with Gasteiger partial charge >= 0.3 is 0 Å². The van der Waals surface area contributed by atoms with E-state index in [1.807, 2.05) is 6.92 Å². The molecule has 1 rings (SSSR count). The fraction of sp³-hybridized carbons (Fsp3) is 0.200. The van der Waals surface area contributed by atoms with Gasteiger partial charge in [0.15, 0.2) is 0 Å². The Morgan fingerprint density at radius 2 is 2.71 bits per heavy atom. The minimum atomic E-state index is 1.04. The molecule has 1 aliphatic heterocycles. The van der Waals surface area contributed by atoms with Crippen molar-refractivity contribution in [2.24, 2.45) is 5.16 Å². The molecular formula is C5H5NO. The van der Waals surface area contributed by atoms with E-state index in [9.17, 15) is 0 Å². The fourth-order valence-electron chi connectivity index (χ4n) is 0.302. The van der Waals surface area contributed by atoms with Crippen LogP contribution in [0.1, 0.15) is 6.92 Å². The maximum absolute atomic E-state index is 4.50. The number of hydrogen-bond donors (Lipinski definition) is 0. The molecule has 0 radical (unpaired) electrons. The lowest BCUT2D eigenvalue weighted by molar-refractivity contribution is 0.267. The zero-order chi connectivity index (χ0) is 5.11. The monoisotopic (exact) mass is 95.0 g/mol. The van der Waals surface area contributed by atoms with Crippen LogP contribution in [0.15, 0.2) is 23.1 Å². The van der Waals surface area contributed by atoms with E-state index in [0.717, 1.165) is 5.57 Å². The fourth-order valence-corrected chi connectivity index (χ4v) is 0.302. The summed E-state index contributed by atoms with van der Waals surface area (Å²) in [6.45, 7) is 1.92. The highest BCUT2D eigenvalue weighted by Gasteiger charge is 1.82. The Morgan fingerprint density at radius 3 is 3.00 bits per heavy atom. The molecule has 36 valence electrons. The summed E-state index contributed by atoms with van der Waals surface area (Å²) in [6, 6.07) is 0. The van der Waals surface area contributed by atoms with E-state index in [4.69, 9.17) is 0 Å². The lowest BCUT2D eigenvalue weighted by atomic mass is 10.3. The second kappa shape index (κ2) is 1.63. The van der Waals surface area contributed by atoms with Gasteiger partial charge in [0, 0.05) is 11.9 Å². The first kappa shape index (κ1) is 4.16. The maximum atomic E-state index is 4.50. The minimum absolute atomic E-state index is 1.04. The summed E-state index contributed by atoms with van der Waals surface area (Å²) in [5, 5.41) is 3.35. The van der Waals surface area contributed by atoms with E-state index < -0.39 is 0 Å². The van der Waals surface area contributed by atoms with Gasteiger partial charge in [-0.1, -0.05) is 0 Å². The predicted molar refractivity (Wildman–Crippen MR) is 26.8 cm³/mol. The zero-order valence-corrected chi connectivity index (χ0v) is 4.01. The molecule has 0 saturated carbocycles. The topological polar surface area (TPSA) is 21.6 Å². The molecule has 2 nitrogen and oxygen atoms in total. The molecular weight excluding hydrogens is 90.1 g/mol. The molecule has 0 fully saturated rings. The Morgan fingerprint density at radius 1 is 1.86 bits per heavy atom. The Hall–Kier alpha value is -1.01. The Kier molecular flexibility index (Phi) is 0.966. The second-order valence-electron chi connectivity index (χ2n) is 1.33. The SMILES string of the molecule is CC1=CON=C=C1. The van der Waals surface area contributed by atoms with Gasteiger partial charge in [0.05, 0.1) is 0 Å². The van der Waals surface area contributed by atoms with Crippen molar-refractivity contribution in [1.82, 2.24) is 0 Å². The second-order valence-corrected chi connectivity index (χ2v) is 1.33. The number of allylic oxidation sites excluding steroid dienone is 2. The van der Waals surface area contributed by atoms with Crippen molar-refractivity contribution in [3.8, 4) is 0 Å². The van der Waals surface area contributed by atoms with Gasteiger partial charge in [-0.05, 0) is 17.7 Å². The van der Waals surface area contributed by atoms with E-state index in [2.05, 4.69) is 15.9 Å². The lowest BCUT2D eigenvalue weighted by Crippen LogP contribution is -1.77. The molecule has 0 aromatic carbocycles. The number of nitrogens with zero attached hydrogens (tertiary/aromatic N) is 1. The van der Waals surface area contributed by atoms with Crippen LogP contribution in [-0.2, 0) is 4.84 Å². The van der Waals surface area contributed by atoms with Crippen LogP contribution in [0.4, 0.5) is 0 Å². The molecule has 0 amide bonds. The first-order valence-electron chi connectivity index (χ1n) is 2.01. The molecule has 0 saturated heterocycles. The normalized spacial score (nSPS) is 15.9. The first-order valence-corrected chi connectivity index (χ1v) is 2.01. The van der Waals surface area contributed by atoms with Crippen molar-refractivity contribution < 1.29 is 4.84 Å².